The molecule has 0 aliphatic rings. The molecule has 0 bridgehead atoms. The molecular formula is C13H14F3N3O2. The Morgan fingerprint density at radius 3 is 1.90 bits per heavy atom. The van der Waals surface area contributed by atoms with Crippen LogP contribution in [0.4, 0.5) is 13.2 Å². The number of halogens is 3. The molecule has 0 spiro atoms. The molecule has 0 fully saturated rings. The molecule has 21 heavy (non-hydrogen) atoms. The Bertz CT molecular complexity index is 507. The zero-order valence-corrected chi connectivity index (χ0v) is 11.8. The van der Waals surface area contributed by atoms with Crippen molar-refractivity contribution in [3.05, 3.63) is 0 Å². The first-order valence-corrected chi connectivity index (χ1v) is 5.96. The minimum Gasteiger partial charge on any atom is -0.444 e. The summed E-state index contributed by atoms with van der Waals surface area (Å²) in [6.07, 6.45) is -6.76. The van der Waals surface area contributed by atoms with Crippen LogP contribution in [-0.4, -0.2) is 17.7 Å². The molecule has 0 aromatic rings. The van der Waals surface area contributed by atoms with Gasteiger partial charge in [-0.1, -0.05) is 0 Å². The summed E-state index contributed by atoms with van der Waals surface area (Å²) >= 11 is 0. The van der Waals surface area contributed by atoms with Crippen LogP contribution in [0.2, 0.25) is 0 Å². The maximum atomic E-state index is 12.3. The average Bonchev–Trinajstić information content (AvgIpc) is 2.38. The third kappa shape index (κ3) is 5.31. The van der Waals surface area contributed by atoms with Crippen molar-refractivity contribution in [1.82, 2.24) is 0 Å². The maximum Gasteiger partial charge on any atom is 0.389 e. The zero-order valence-electron chi connectivity index (χ0n) is 11.8. The van der Waals surface area contributed by atoms with Crippen LogP contribution in [0, 0.1) is 45.3 Å². The van der Waals surface area contributed by atoms with Crippen molar-refractivity contribution in [2.75, 3.05) is 0 Å². The molecule has 1 atom stereocenters. The van der Waals surface area contributed by atoms with Crippen LogP contribution < -0.4 is 0 Å². The molecule has 0 heterocycles. The molecule has 114 valence electrons. The van der Waals surface area contributed by atoms with Gasteiger partial charge in [0.15, 0.2) is 11.0 Å². The number of carbonyl (C=O) groups is 1. The van der Waals surface area contributed by atoms with E-state index in [9.17, 15) is 18.0 Å². The standard InChI is InChI=1S/C13H14F3N3O2/c1-9(10(20)21-11(2,3)6-17)12(7-18,8-19)4-5-13(14,15)16/h9H,4-5H2,1-3H3. The summed E-state index contributed by atoms with van der Waals surface area (Å²) in [5, 5.41) is 26.8. The van der Waals surface area contributed by atoms with E-state index in [2.05, 4.69) is 0 Å². The zero-order chi connectivity index (χ0) is 16.9. The lowest BCUT2D eigenvalue weighted by Crippen LogP contribution is -2.38. The van der Waals surface area contributed by atoms with Crippen LogP contribution in [-0.2, 0) is 9.53 Å². The van der Waals surface area contributed by atoms with Gasteiger partial charge in [0.25, 0.3) is 0 Å². The SMILES string of the molecule is CC(C(=O)OC(C)(C)C#N)C(C#N)(C#N)CCC(F)(F)F. The Kier molecular flexibility index (Phi) is 5.76. The highest BCUT2D eigenvalue weighted by Gasteiger charge is 2.46. The Morgan fingerprint density at radius 2 is 1.57 bits per heavy atom. The minimum absolute atomic E-state index is 0.841. The van der Waals surface area contributed by atoms with Gasteiger partial charge in [0.2, 0.25) is 0 Å². The highest BCUT2D eigenvalue weighted by molar-refractivity contribution is 5.75. The topological polar surface area (TPSA) is 97.7 Å². The highest BCUT2D eigenvalue weighted by Crippen LogP contribution is 2.37. The number of ether oxygens (including phenoxy) is 1. The van der Waals surface area contributed by atoms with Crippen LogP contribution in [0.3, 0.4) is 0 Å². The predicted molar refractivity (Wildman–Crippen MR) is 63.9 cm³/mol. The second-order valence-corrected chi connectivity index (χ2v) is 5.08. The van der Waals surface area contributed by atoms with Gasteiger partial charge < -0.3 is 4.74 Å². The summed E-state index contributed by atoms with van der Waals surface area (Å²) in [4.78, 5) is 11.8. The van der Waals surface area contributed by atoms with Crippen molar-refractivity contribution in [3.63, 3.8) is 0 Å². The summed E-state index contributed by atoms with van der Waals surface area (Å²) < 4.78 is 41.6. The average molecular weight is 301 g/mol. The van der Waals surface area contributed by atoms with Crippen molar-refractivity contribution in [2.24, 2.45) is 11.3 Å². The molecule has 0 saturated carbocycles. The summed E-state index contributed by atoms with van der Waals surface area (Å²) in [7, 11) is 0. The van der Waals surface area contributed by atoms with Crippen molar-refractivity contribution in [1.29, 1.82) is 15.8 Å². The van der Waals surface area contributed by atoms with Gasteiger partial charge in [-0.05, 0) is 27.2 Å². The lowest BCUT2D eigenvalue weighted by molar-refractivity contribution is -0.161. The van der Waals surface area contributed by atoms with E-state index in [0.717, 1.165) is 6.92 Å². The Labute approximate surface area is 120 Å². The number of hydrogen-bond donors (Lipinski definition) is 0. The van der Waals surface area contributed by atoms with E-state index in [4.69, 9.17) is 20.5 Å². The summed E-state index contributed by atoms with van der Waals surface area (Å²) in [5.74, 6) is -2.48. The van der Waals surface area contributed by atoms with E-state index in [0.29, 0.717) is 0 Å². The molecule has 0 aliphatic heterocycles. The Morgan fingerprint density at radius 1 is 1.10 bits per heavy atom. The molecule has 0 radical (unpaired) electrons. The Balaban J connectivity index is 5.23. The fourth-order valence-electron chi connectivity index (χ4n) is 1.45. The first-order valence-electron chi connectivity index (χ1n) is 5.96. The van der Waals surface area contributed by atoms with E-state index >= 15 is 0 Å². The van der Waals surface area contributed by atoms with Gasteiger partial charge in [-0.3, -0.25) is 4.79 Å². The fraction of sp³-hybridized carbons (Fsp3) is 0.692. The van der Waals surface area contributed by atoms with Crippen molar-refractivity contribution >= 4 is 5.97 Å². The van der Waals surface area contributed by atoms with Crippen LogP contribution in [0.1, 0.15) is 33.6 Å². The molecule has 0 saturated heterocycles. The first kappa shape index (κ1) is 18.7. The second kappa shape index (κ2) is 6.45. The normalized spacial score (nSPS) is 13.5. The van der Waals surface area contributed by atoms with Crippen molar-refractivity contribution in [2.45, 2.75) is 45.4 Å². The number of alkyl halides is 3. The van der Waals surface area contributed by atoms with Gasteiger partial charge in [0.1, 0.15) is 6.07 Å². The molecule has 5 nitrogen and oxygen atoms in total. The van der Waals surface area contributed by atoms with Crippen molar-refractivity contribution in [3.8, 4) is 18.2 Å². The van der Waals surface area contributed by atoms with Crippen molar-refractivity contribution < 1.29 is 22.7 Å². The number of carbonyl (C=O) groups excluding carboxylic acids is 1. The van der Waals surface area contributed by atoms with Crippen LogP contribution in [0.5, 0.6) is 0 Å². The van der Waals surface area contributed by atoms with Crippen LogP contribution in [0.25, 0.3) is 0 Å². The van der Waals surface area contributed by atoms with Gasteiger partial charge in [-0.25, -0.2) is 0 Å². The first-order chi connectivity index (χ1) is 9.43. The molecule has 0 rings (SSSR count). The van der Waals surface area contributed by atoms with E-state index in [1.807, 2.05) is 0 Å². The lowest BCUT2D eigenvalue weighted by Gasteiger charge is -2.27. The molecular weight excluding hydrogens is 287 g/mol. The van der Waals surface area contributed by atoms with Gasteiger partial charge in [-0.2, -0.15) is 29.0 Å². The quantitative estimate of drug-likeness (QED) is 0.727. The summed E-state index contributed by atoms with van der Waals surface area (Å²) in [6, 6.07) is 4.64. The van der Waals surface area contributed by atoms with E-state index in [-0.39, 0.29) is 0 Å². The van der Waals surface area contributed by atoms with Gasteiger partial charge >= 0.3 is 12.1 Å². The number of hydrogen-bond acceptors (Lipinski definition) is 5. The molecule has 0 amide bonds. The number of rotatable bonds is 5. The predicted octanol–water partition coefficient (Wildman–Crippen LogP) is 2.84. The third-order valence-electron chi connectivity index (χ3n) is 2.92. The number of esters is 1. The smallest absolute Gasteiger partial charge is 0.389 e. The van der Waals surface area contributed by atoms with Crippen LogP contribution >= 0.6 is 0 Å². The molecule has 8 heteroatoms. The molecule has 0 aromatic carbocycles. The summed E-state index contributed by atoms with van der Waals surface area (Å²) in [6.45, 7) is 3.71. The van der Waals surface area contributed by atoms with Gasteiger partial charge in [0.05, 0.1) is 18.1 Å². The minimum atomic E-state index is -4.55. The van der Waals surface area contributed by atoms with E-state index in [1.54, 1.807) is 6.07 Å². The lowest BCUT2D eigenvalue weighted by atomic mass is 9.75. The van der Waals surface area contributed by atoms with E-state index in [1.165, 1.54) is 26.0 Å². The molecule has 1 unspecified atom stereocenters. The Hall–Kier alpha value is -2.27. The van der Waals surface area contributed by atoms with Gasteiger partial charge in [0, 0.05) is 6.42 Å². The molecule has 0 N–H and O–H groups in total. The number of nitrogens with zero attached hydrogens (tertiary/aromatic N) is 3. The van der Waals surface area contributed by atoms with Crippen LogP contribution in [0.15, 0.2) is 0 Å². The summed E-state index contributed by atoms with van der Waals surface area (Å²) in [5.41, 5.74) is -3.65. The largest absolute Gasteiger partial charge is 0.444 e. The fourth-order valence-corrected chi connectivity index (χ4v) is 1.45. The second-order valence-electron chi connectivity index (χ2n) is 5.08. The maximum absolute atomic E-state index is 12.3. The van der Waals surface area contributed by atoms with E-state index < -0.39 is 41.9 Å². The van der Waals surface area contributed by atoms with Gasteiger partial charge in [-0.15, -0.1) is 0 Å². The monoisotopic (exact) mass is 301 g/mol. The number of nitriles is 3. The molecule has 0 aliphatic carbocycles. The highest BCUT2D eigenvalue weighted by atomic mass is 19.4. The third-order valence-corrected chi connectivity index (χ3v) is 2.92. The molecule has 0 aromatic heterocycles.